The van der Waals surface area contributed by atoms with Crippen LogP contribution in [0.1, 0.15) is 64.1 Å². The van der Waals surface area contributed by atoms with Gasteiger partial charge in [-0.3, -0.25) is 4.68 Å². The van der Waals surface area contributed by atoms with Gasteiger partial charge in [0.2, 0.25) is 0 Å². The van der Waals surface area contributed by atoms with E-state index >= 15 is 0 Å². The first-order valence-corrected chi connectivity index (χ1v) is 8.58. The van der Waals surface area contributed by atoms with Crippen molar-refractivity contribution in [1.82, 2.24) is 15.1 Å². The summed E-state index contributed by atoms with van der Waals surface area (Å²) in [6.45, 7) is 7.94. The Morgan fingerprint density at radius 2 is 2.14 bits per heavy atom. The zero-order chi connectivity index (χ0) is 14.9. The molecule has 4 heteroatoms. The Bertz CT molecular complexity index is 383. The fourth-order valence-corrected chi connectivity index (χ4v) is 2.86. The Morgan fingerprint density at radius 3 is 2.90 bits per heavy atom. The van der Waals surface area contributed by atoms with Gasteiger partial charge in [-0.1, -0.05) is 33.1 Å². The number of nitrogens with one attached hydrogen (secondary N) is 1. The molecule has 4 nitrogen and oxygen atoms in total. The lowest BCUT2D eigenvalue weighted by molar-refractivity contribution is 0.108. The van der Waals surface area contributed by atoms with E-state index in [0.29, 0.717) is 12.0 Å². The second-order valence-electron chi connectivity index (χ2n) is 6.58. The highest BCUT2D eigenvalue weighted by atomic mass is 16.5. The Labute approximate surface area is 129 Å². The molecule has 0 unspecified atom stereocenters. The molecular formula is C17H31N3O. The molecule has 0 spiro atoms. The van der Waals surface area contributed by atoms with E-state index in [2.05, 4.69) is 36.1 Å². The van der Waals surface area contributed by atoms with E-state index in [-0.39, 0.29) is 0 Å². The molecule has 0 bridgehead atoms. The SMILES string of the molecule is CC(C)COCCCNCc1ccn(C2CCCCC2)n1. The van der Waals surface area contributed by atoms with E-state index in [1.807, 2.05) is 0 Å². The maximum Gasteiger partial charge on any atom is 0.0762 e. The maximum absolute atomic E-state index is 5.57. The fourth-order valence-electron chi connectivity index (χ4n) is 2.86. The summed E-state index contributed by atoms with van der Waals surface area (Å²) in [4.78, 5) is 0. The highest BCUT2D eigenvalue weighted by Gasteiger charge is 2.15. The Hall–Kier alpha value is -0.870. The number of rotatable bonds is 9. The Morgan fingerprint density at radius 1 is 1.33 bits per heavy atom. The molecule has 0 amide bonds. The van der Waals surface area contributed by atoms with Crippen LogP contribution in [0.15, 0.2) is 12.3 Å². The number of aromatic nitrogens is 2. The number of hydrogen-bond donors (Lipinski definition) is 1. The molecule has 1 aliphatic carbocycles. The Kier molecular flexibility index (Phi) is 7.24. The predicted molar refractivity (Wildman–Crippen MR) is 86.3 cm³/mol. The molecule has 2 rings (SSSR count). The smallest absolute Gasteiger partial charge is 0.0762 e. The molecule has 1 N–H and O–H groups in total. The van der Waals surface area contributed by atoms with Crippen molar-refractivity contribution in [3.05, 3.63) is 18.0 Å². The van der Waals surface area contributed by atoms with Gasteiger partial charge in [0.05, 0.1) is 11.7 Å². The van der Waals surface area contributed by atoms with Gasteiger partial charge in [-0.15, -0.1) is 0 Å². The molecule has 0 aliphatic heterocycles. The summed E-state index contributed by atoms with van der Waals surface area (Å²) in [5.41, 5.74) is 1.16. The average molecular weight is 293 g/mol. The fraction of sp³-hybridized carbons (Fsp3) is 0.824. The molecule has 1 aliphatic rings. The standard InChI is InChI=1S/C17H31N3O/c1-15(2)14-21-12-6-10-18-13-16-9-11-20(19-16)17-7-4-3-5-8-17/h9,11,15,17-18H,3-8,10,12-14H2,1-2H3. The molecule has 1 heterocycles. The summed E-state index contributed by atoms with van der Waals surface area (Å²) in [5, 5.41) is 8.16. The van der Waals surface area contributed by atoms with Crippen molar-refractivity contribution in [3.8, 4) is 0 Å². The average Bonchev–Trinajstić information content (AvgIpc) is 2.96. The monoisotopic (exact) mass is 293 g/mol. The minimum Gasteiger partial charge on any atom is -0.381 e. The summed E-state index contributed by atoms with van der Waals surface area (Å²) in [6.07, 6.45) is 9.91. The molecular weight excluding hydrogens is 262 g/mol. The van der Waals surface area contributed by atoms with Crippen molar-refractivity contribution >= 4 is 0 Å². The largest absolute Gasteiger partial charge is 0.381 e. The second-order valence-corrected chi connectivity index (χ2v) is 6.58. The van der Waals surface area contributed by atoms with Crippen LogP contribution in [0.5, 0.6) is 0 Å². The molecule has 0 saturated heterocycles. The van der Waals surface area contributed by atoms with Gasteiger partial charge in [0.15, 0.2) is 0 Å². The molecule has 21 heavy (non-hydrogen) atoms. The minimum absolute atomic E-state index is 0.627. The molecule has 0 aromatic carbocycles. The molecule has 0 radical (unpaired) electrons. The summed E-state index contributed by atoms with van der Waals surface area (Å²) < 4.78 is 7.75. The van der Waals surface area contributed by atoms with Crippen molar-refractivity contribution in [3.63, 3.8) is 0 Å². The highest BCUT2D eigenvalue weighted by molar-refractivity contribution is 4.99. The molecule has 0 atom stereocenters. The maximum atomic E-state index is 5.57. The van der Waals surface area contributed by atoms with Crippen molar-refractivity contribution in [2.24, 2.45) is 5.92 Å². The molecule has 1 saturated carbocycles. The first-order chi connectivity index (χ1) is 10.3. The van der Waals surface area contributed by atoms with Crippen LogP contribution in [0.25, 0.3) is 0 Å². The van der Waals surface area contributed by atoms with Gasteiger partial charge in [0.25, 0.3) is 0 Å². The van der Waals surface area contributed by atoms with Crippen molar-refractivity contribution in [1.29, 1.82) is 0 Å². The van der Waals surface area contributed by atoms with E-state index < -0.39 is 0 Å². The van der Waals surface area contributed by atoms with Gasteiger partial charge in [-0.05, 0) is 37.8 Å². The van der Waals surface area contributed by atoms with Gasteiger partial charge in [0, 0.05) is 26.0 Å². The summed E-state index contributed by atoms with van der Waals surface area (Å²) in [7, 11) is 0. The van der Waals surface area contributed by atoms with Gasteiger partial charge < -0.3 is 10.1 Å². The molecule has 1 aromatic heterocycles. The molecule has 1 aromatic rings. The van der Waals surface area contributed by atoms with Crippen LogP contribution in [0, 0.1) is 5.92 Å². The van der Waals surface area contributed by atoms with E-state index in [1.54, 1.807) is 0 Å². The van der Waals surface area contributed by atoms with Gasteiger partial charge in [0.1, 0.15) is 0 Å². The van der Waals surface area contributed by atoms with Crippen LogP contribution in [0.2, 0.25) is 0 Å². The lowest BCUT2D eigenvalue weighted by atomic mass is 9.96. The minimum atomic E-state index is 0.627. The summed E-state index contributed by atoms with van der Waals surface area (Å²) in [6, 6.07) is 2.79. The quantitative estimate of drug-likeness (QED) is 0.708. The predicted octanol–water partition coefficient (Wildman–Crippen LogP) is 3.54. The zero-order valence-electron chi connectivity index (χ0n) is 13.7. The third-order valence-electron chi connectivity index (χ3n) is 4.01. The van der Waals surface area contributed by atoms with E-state index in [4.69, 9.17) is 9.84 Å². The number of hydrogen-bond acceptors (Lipinski definition) is 3. The van der Waals surface area contributed by atoms with Crippen LogP contribution in [0.3, 0.4) is 0 Å². The van der Waals surface area contributed by atoms with Crippen LogP contribution in [-0.2, 0) is 11.3 Å². The molecule has 120 valence electrons. The van der Waals surface area contributed by atoms with Gasteiger partial charge >= 0.3 is 0 Å². The Balaban J connectivity index is 1.57. The van der Waals surface area contributed by atoms with Gasteiger partial charge in [-0.25, -0.2) is 0 Å². The van der Waals surface area contributed by atoms with Crippen LogP contribution in [-0.4, -0.2) is 29.5 Å². The third-order valence-corrected chi connectivity index (χ3v) is 4.01. The lowest BCUT2D eigenvalue weighted by Crippen LogP contribution is -2.18. The second kappa shape index (κ2) is 9.21. The molecule has 1 fully saturated rings. The topological polar surface area (TPSA) is 39.1 Å². The lowest BCUT2D eigenvalue weighted by Gasteiger charge is -2.21. The van der Waals surface area contributed by atoms with Gasteiger partial charge in [-0.2, -0.15) is 5.10 Å². The van der Waals surface area contributed by atoms with E-state index in [0.717, 1.165) is 38.4 Å². The normalized spacial score (nSPS) is 16.7. The third kappa shape index (κ3) is 6.18. The van der Waals surface area contributed by atoms with Crippen LogP contribution < -0.4 is 5.32 Å². The van der Waals surface area contributed by atoms with Crippen molar-refractivity contribution < 1.29 is 4.74 Å². The van der Waals surface area contributed by atoms with Crippen LogP contribution in [0.4, 0.5) is 0 Å². The number of nitrogens with zero attached hydrogens (tertiary/aromatic N) is 2. The van der Waals surface area contributed by atoms with E-state index in [1.165, 1.54) is 32.1 Å². The van der Waals surface area contributed by atoms with Crippen molar-refractivity contribution in [2.75, 3.05) is 19.8 Å². The number of ether oxygens (including phenoxy) is 1. The first-order valence-electron chi connectivity index (χ1n) is 8.58. The highest BCUT2D eigenvalue weighted by Crippen LogP contribution is 2.27. The van der Waals surface area contributed by atoms with Crippen LogP contribution >= 0.6 is 0 Å². The summed E-state index contributed by atoms with van der Waals surface area (Å²) in [5.74, 6) is 0.627. The van der Waals surface area contributed by atoms with Crippen molar-refractivity contribution in [2.45, 2.75) is 65.0 Å². The zero-order valence-corrected chi connectivity index (χ0v) is 13.7. The van der Waals surface area contributed by atoms with E-state index in [9.17, 15) is 0 Å². The first kappa shape index (κ1) is 16.5. The summed E-state index contributed by atoms with van der Waals surface area (Å²) >= 11 is 0.